The van der Waals surface area contributed by atoms with Crippen LogP contribution in [-0.2, 0) is 4.79 Å². The lowest BCUT2D eigenvalue weighted by Crippen LogP contribution is -2.43. The summed E-state index contributed by atoms with van der Waals surface area (Å²) < 4.78 is 0. The summed E-state index contributed by atoms with van der Waals surface area (Å²) in [6.45, 7) is 11.4. The summed E-state index contributed by atoms with van der Waals surface area (Å²) in [6.07, 6.45) is 2.45. The molecule has 0 atom stereocenters. The Labute approximate surface area is 99.4 Å². The molecular formula is C13H26N2O. The van der Waals surface area contributed by atoms with E-state index in [9.17, 15) is 4.79 Å². The van der Waals surface area contributed by atoms with Crippen LogP contribution in [0.5, 0.6) is 0 Å². The molecular weight excluding hydrogens is 200 g/mol. The van der Waals surface area contributed by atoms with Crippen molar-refractivity contribution in [3.63, 3.8) is 0 Å². The van der Waals surface area contributed by atoms with E-state index in [4.69, 9.17) is 0 Å². The Hall–Kier alpha value is -0.570. The van der Waals surface area contributed by atoms with Crippen molar-refractivity contribution in [3.05, 3.63) is 0 Å². The number of nitrogens with one attached hydrogen (secondary N) is 2. The second-order valence-corrected chi connectivity index (χ2v) is 5.89. The van der Waals surface area contributed by atoms with Gasteiger partial charge in [-0.15, -0.1) is 0 Å². The van der Waals surface area contributed by atoms with Crippen molar-refractivity contribution in [1.82, 2.24) is 10.6 Å². The van der Waals surface area contributed by atoms with Crippen molar-refractivity contribution < 1.29 is 4.79 Å². The molecule has 2 N–H and O–H groups in total. The van der Waals surface area contributed by atoms with Crippen LogP contribution in [0, 0.1) is 17.3 Å². The van der Waals surface area contributed by atoms with Crippen LogP contribution < -0.4 is 10.6 Å². The topological polar surface area (TPSA) is 41.1 Å². The van der Waals surface area contributed by atoms with E-state index in [-0.39, 0.29) is 17.2 Å². The van der Waals surface area contributed by atoms with Crippen LogP contribution in [0.25, 0.3) is 0 Å². The zero-order valence-electron chi connectivity index (χ0n) is 11.1. The fourth-order valence-electron chi connectivity index (χ4n) is 2.27. The zero-order valence-corrected chi connectivity index (χ0v) is 11.1. The normalized spacial score (nSPS) is 18.8. The molecule has 3 heteroatoms. The van der Waals surface area contributed by atoms with Crippen molar-refractivity contribution in [2.75, 3.05) is 19.6 Å². The Balaban J connectivity index is 2.40. The van der Waals surface area contributed by atoms with Gasteiger partial charge in [-0.1, -0.05) is 27.7 Å². The van der Waals surface area contributed by atoms with Gasteiger partial charge in [0, 0.05) is 12.5 Å². The van der Waals surface area contributed by atoms with Gasteiger partial charge in [0.05, 0.1) is 0 Å². The van der Waals surface area contributed by atoms with Crippen LogP contribution >= 0.6 is 0 Å². The van der Waals surface area contributed by atoms with Gasteiger partial charge in [-0.3, -0.25) is 4.79 Å². The monoisotopic (exact) mass is 226 g/mol. The molecule has 0 aromatic heterocycles. The summed E-state index contributed by atoms with van der Waals surface area (Å²) in [5, 5.41) is 6.44. The maximum atomic E-state index is 11.5. The lowest BCUT2D eigenvalue weighted by Gasteiger charge is -2.37. The second-order valence-electron chi connectivity index (χ2n) is 5.89. The van der Waals surface area contributed by atoms with E-state index < -0.39 is 0 Å². The van der Waals surface area contributed by atoms with Gasteiger partial charge in [0.25, 0.3) is 0 Å². The summed E-state index contributed by atoms with van der Waals surface area (Å²) in [6, 6.07) is 0. The highest BCUT2D eigenvalue weighted by molar-refractivity contribution is 5.77. The first-order valence-corrected chi connectivity index (χ1v) is 6.42. The number of carbonyl (C=O) groups excluding carboxylic acids is 1. The minimum absolute atomic E-state index is 0.0869. The van der Waals surface area contributed by atoms with E-state index in [0.29, 0.717) is 0 Å². The van der Waals surface area contributed by atoms with Gasteiger partial charge < -0.3 is 10.6 Å². The standard InChI is InChI=1S/C13H26N2O/c1-10(2)12(16)15-9-13(3,4)11-5-7-14-8-6-11/h10-11,14H,5-9H2,1-4H3,(H,15,16). The molecule has 1 aliphatic rings. The smallest absolute Gasteiger partial charge is 0.222 e. The molecule has 0 aliphatic carbocycles. The Morgan fingerprint density at radius 3 is 2.44 bits per heavy atom. The molecule has 94 valence electrons. The van der Waals surface area contributed by atoms with Crippen LogP contribution in [0.2, 0.25) is 0 Å². The number of hydrogen-bond acceptors (Lipinski definition) is 2. The molecule has 1 amide bonds. The lowest BCUT2D eigenvalue weighted by molar-refractivity contribution is -0.124. The fraction of sp³-hybridized carbons (Fsp3) is 0.923. The van der Waals surface area contributed by atoms with Crippen molar-refractivity contribution in [3.8, 4) is 0 Å². The third kappa shape index (κ3) is 3.78. The molecule has 0 aromatic rings. The van der Waals surface area contributed by atoms with Crippen LogP contribution in [0.3, 0.4) is 0 Å². The molecule has 0 aromatic carbocycles. The van der Waals surface area contributed by atoms with Gasteiger partial charge in [0.2, 0.25) is 5.91 Å². The van der Waals surface area contributed by atoms with E-state index in [1.165, 1.54) is 12.8 Å². The number of piperidine rings is 1. The molecule has 16 heavy (non-hydrogen) atoms. The van der Waals surface area contributed by atoms with Crippen molar-refractivity contribution in [2.45, 2.75) is 40.5 Å². The molecule has 1 rings (SSSR count). The Morgan fingerprint density at radius 2 is 1.94 bits per heavy atom. The maximum Gasteiger partial charge on any atom is 0.222 e. The average Bonchev–Trinajstić information content (AvgIpc) is 2.27. The Bertz CT molecular complexity index is 230. The second kappa shape index (κ2) is 5.67. The summed E-state index contributed by atoms with van der Waals surface area (Å²) >= 11 is 0. The molecule has 0 bridgehead atoms. The summed E-state index contributed by atoms with van der Waals surface area (Å²) in [4.78, 5) is 11.5. The summed E-state index contributed by atoms with van der Waals surface area (Å²) in [5.41, 5.74) is 0.215. The lowest BCUT2D eigenvalue weighted by atomic mass is 9.74. The van der Waals surface area contributed by atoms with Crippen LogP contribution in [0.15, 0.2) is 0 Å². The third-order valence-electron chi connectivity index (χ3n) is 3.69. The SMILES string of the molecule is CC(C)C(=O)NCC(C)(C)C1CCNCC1. The van der Waals surface area contributed by atoms with Crippen LogP contribution in [0.1, 0.15) is 40.5 Å². The van der Waals surface area contributed by atoms with E-state index in [0.717, 1.165) is 25.6 Å². The maximum absolute atomic E-state index is 11.5. The number of hydrogen-bond donors (Lipinski definition) is 2. The third-order valence-corrected chi connectivity index (χ3v) is 3.69. The first-order valence-electron chi connectivity index (χ1n) is 6.42. The number of rotatable bonds is 4. The fourth-order valence-corrected chi connectivity index (χ4v) is 2.27. The molecule has 1 heterocycles. The molecule has 0 unspecified atom stereocenters. The van der Waals surface area contributed by atoms with Crippen LogP contribution in [0.4, 0.5) is 0 Å². The van der Waals surface area contributed by atoms with Crippen molar-refractivity contribution in [2.24, 2.45) is 17.3 Å². The predicted octanol–water partition coefficient (Wildman–Crippen LogP) is 1.78. The average molecular weight is 226 g/mol. The first-order chi connectivity index (χ1) is 7.43. The molecule has 0 saturated carbocycles. The van der Waals surface area contributed by atoms with Gasteiger partial charge >= 0.3 is 0 Å². The predicted molar refractivity (Wildman–Crippen MR) is 67.2 cm³/mol. The van der Waals surface area contributed by atoms with E-state index >= 15 is 0 Å². The van der Waals surface area contributed by atoms with Crippen LogP contribution in [-0.4, -0.2) is 25.5 Å². The van der Waals surface area contributed by atoms with Crippen molar-refractivity contribution >= 4 is 5.91 Å². The van der Waals surface area contributed by atoms with E-state index in [1.54, 1.807) is 0 Å². The molecule has 1 saturated heterocycles. The molecule has 0 spiro atoms. The molecule has 1 fully saturated rings. The quantitative estimate of drug-likeness (QED) is 0.767. The highest BCUT2D eigenvalue weighted by Crippen LogP contribution is 2.32. The summed E-state index contributed by atoms with van der Waals surface area (Å²) in [5.74, 6) is 0.979. The Morgan fingerprint density at radius 1 is 1.38 bits per heavy atom. The number of amides is 1. The zero-order chi connectivity index (χ0) is 12.2. The van der Waals surface area contributed by atoms with Gasteiger partial charge in [0.1, 0.15) is 0 Å². The van der Waals surface area contributed by atoms with E-state index in [1.807, 2.05) is 13.8 Å². The molecule has 1 aliphatic heterocycles. The minimum Gasteiger partial charge on any atom is -0.355 e. The highest BCUT2D eigenvalue weighted by atomic mass is 16.1. The summed E-state index contributed by atoms with van der Waals surface area (Å²) in [7, 11) is 0. The van der Waals surface area contributed by atoms with E-state index in [2.05, 4.69) is 24.5 Å². The molecule has 0 radical (unpaired) electrons. The van der Waals surface area contributed by atoms with Gasteiger partial charge in [-0.05, 0) is 37.3 Å². The largest absolute Gasteiger partial charge is 0.355 e. The minimum atomic E-state index is 0.0869. The van der Waals surface area contributed by atoms with Gasteiger partial charge in [0.15, 0.2) is 0 Å². The van der Waals surface area contributed by atoms with Gasteiger partial charge in [-0.2, -0.15) is 0 Å². The Kier molecular flexibility index (Phi) is 4.78. The number of carbonyl (C=O) groups is 1. The molecule has 3 nitrogen and oxygen atoms in total. The first kappa shape index (κ1) is 13.5. The highest BCUT2D eigenvalue weighted by Gasteiger charge is 2.30. The van der Waals surface area contributed by atoms with Gasteiger partial charge in [-0.25, -0.2) is 0 Å². The van der Waals surface area contributed by atoms with Crippen molar-refractivity contribution in [1.29, 1.82) is 0 Å².